The number of rotatable bonds is 8. The van der Waals surface area contributed by atoms with Crippen molar-refractivity contribution < 1.29 is 9.90 Å². The lowest BCUT2D eigenvalue weighted by Gasteiger charge is -2.37. The summed E-state index contributed by atoms with van der Waals surface area (Å²) in [4.78, 5) is 13.2. The lowest BCUT2D eigenvalue weighted by Crippen LogP contribution is -2.51. The number of hydrogen-bond donors (Lipinski definition) is 3. The van der Waals surface area contributed by atoms with Crippen molar-refractivity contribution in [3.8, 4) is 0 Å². The Morgan fingerprint density at radius 1 is 1.47 bits per heavy atom. The maximum Gasteiger partial charge on any atom is 0.303 e. The van der Waals surface area contributed by atoms with E-state index in [1.165, 1.54) is 0 Å². The molecule has 2 atom stereocenters. The van der Waals surface area contributed by atoms with Crippen LogP contribution in [0.3, 0.4) is 0 Å². The van der Waals surface area contributed by atoms with Gasteiger partial charge in [-0.25, -0.2) is 0 Å². The van der Waals surface area contributed by atoms with Crippen LogP contribution in [0.1, 0.15) is 33.1 Å². The molecule has 0 aromatic carbocycles. The van der Waals surface area contributed by atoms with Crippen LogP contribution < -0.4 is 11.1 Å². The number of aliphatic carboxylic acids is 1. The van der Waals surface area contributed by atoms with E-state index in [1.54, 1.807) is 0 Å². The fourth-order valence-corrected chi connectivity index (χ4v) is 2.79. The number of carbonyl (C=O) groups is 1. The van der Waals surface area contributed by atoms with Crippen molar-refractivity contribution in [2.75, 3.05) is 32.7 Å². The zero-order valence-electron chi connectivity index (χ0n) is 12.3. The van der Waals surface area contributed by atoms with Crippen molar-refractivity contribution in [2.45, 2.75) is 39.2 Å². The summed E-state index contributed by atoms with van der Waals surface area (Å²) in [6, 6.07) is 0.406. The van der Waals surface area contributed by atoms with Crippen LogP contribution in [-0.4, -0.2) is 54.7 Å². The highest BCUT2D eigenvalue weighted by Crippen LogP contribution is 2.20. The third-order valence-electron chi connectivity index (χ3n) is 3.68. The fourth-order valence-electron chi connectivity index (χ4n) is 2.79. The standard InChI is InChI=1S/C14H29N3O2/c1-11(2)3-5-16-13-7-12(8-14(18)19)9-17(10-13)6-4-15/h11-13,16H,3-10,15H2,1-2H3,(H,18,19). The van der Waals surface area contributed by atoms with Gasteiger partial charge < -0.3 is 21.1 Å². The van der Waals surface area contributed by atoms with E-state index < -0.39 is 5.97 Å². The van der Waals surface area contributed by atoms with E-state index in [-0.39, 0.29) is 12.3 Å². The van der Waals surface area contributed by atoms with Crippen LogP contribution >= 0.6 is 0 Å². The van der Waals surface area contributed by atoms with Crippen LogP contribution in [0.2, 0.25) is 0 Å². The van der Waals surface area contributed by atoms with Crippen LogP contribution in [0.4, 0.5) is 0 Å². The van der Waals surface area contributed by atoms with E-state index in [0.717, 1.165) is 39.0 Å². The van der Waals surface area contributed by atoms with Gasteiger partial charge in [0.1, 0.15) is 0 Å². The molecule has 1 fully saturated rings. The van der Waals surface area contributed by atoms with Crippen molar-refractivity contribution in [3.05, 3.63) is 0 Å². The summed E-state index contributed by atoms with van der Waals surface area (Å²) in [5.74, 6) is 0.251. The van der Waals surface area contributed by atoms with E-state index in [0.29, 0.717) is 18.5 Å². The van der Waals surface area contributed by atoms with Crippen molar-refractivity contribution in [1.29, 1.82) is 0 Å². The molecule has 0 radical (unpaired) electrons. The van der Waals surface area contributed by atoms with Gasteiger partial charge in [0, 0.05) is 38.6 Å². The summed E-state index contributed by atoms with van der Waals surface area (Å²) >= 11 is 0. The zero-order chi connectivity index (χ0) is 14.3. The number of carboxylic acids is 1. The smallest absolute Gasteiger partial charge is 0.303 e. The molecule has 0 aliphatic carbocycles. The number of hydrogen-bond acceptors (Lipinski definition) is 4. The van der Waals surface area contributed by atoms with E-state index in [9.17, 15) is 4.79 Å². The quantitative estimate of drug-likeness (QED) is 0.607. The van der Waals surface area contributed by atoms with E-state index in [1.807, 2.05) is 0 Å². The highest BCUT2D eigenvalue weighted by atomic mass is 16.4. The number of nitrogens with two attached hydrogens (primary N) is 1. The largest absolute Gasteiger partial charge is 0.481 e. The predicted molar refractivity (Wildman–Crippen MR) is 77.1 cm³/mol. The molecule has 1 aliphatic rings. The molecule has 1 rings (SSSR count). The zero-order valence-corrected chi connectivity index (χ0v) is 12.3. The Morgan fingerprint density at radius 2 is 2.21 bits per heavy atom. The third-order valence-corrected chi connectivity index (χ3v) is 3.68. The molecule has 0 bridgehead atoms. The van der Waals surface area contributed by atoms with Crippen molar-refractivity contribution in [3.63, 3.8) is 0 Å². The molecule has 0 aromatic heterocycles. The van der Waals surface area contributed by atoms with Gasteiger partial charge in [0.15, 0.2) is 0 Å². The van der Waals surface area contributed by atoms with Crippen LogP contribution in [0.25, 0.3) is 0 Å². The highest BCUT2D eigenvalue weighted by Gasteiger charge is 2.27. The molecule has 0 aromatic rings. The molecule has 1 saturated heterocycles. The molecule has 2 unspecified atom stereocenters. The summed E-state index contributed by atoms with van der Waals surface area (Å²) in [5, 5.41) is 12.5. The lowest BCUT2D eigenvalue weighted by atomic mass is 9.91. The molecule has 112 valence electrons. The first-order valence-corrected chi connectivity index (χ1v) is 7.38. The summed E-state index contributed by atoms with van der Waals surface area (Å²) in [6.45, 7) is 8.81. The Balaban J connectivity index is 2.42. The van der Waals surface area contributed by atoms with Gasteiger partial charge in [-0.1, -0.05) is 13.8 Å². The molecule has 5 heteroatoms. The van der Waals surface area contributed by atoms with E-state index in [4.69, 9.17) is 10.8 Å². The summed E-state index contributed by atoms with van der Waals surface area (Å²) in [5.41, 5.74) is 5.61. The van der Waals surface area contributed by atoms with E-state index >= 15 is 0 Å². The van der Waals surface area contributed by atoms with Crippen LogP contribution in [0.15, 0.2) is 0 Å². The van der Waals surface area contributed by atoms with Crippen molar-refractivity contribution in [2.24, 2.45) is 17.6 Å². The van der Waals surface area contributed by atoms with Crippen LogP contribution in [-0.2, 0) is 4.79 Å². The summed E-state index contributed by atoms with van der Waals surface area (Å²) in [7, 11) is 0. The first-order valence-electron chi connectivity index (χ1n) is 7.38. The Morgan fingerprint density at radius 3 is 2.79 bits per heavy atom. The number of nitrogens with zero attached hydrogens (tertiary/aromatic N) is 1. The Hall–Kier alpha value is -0.650. The molecule has 0 spiro atoms. The number of likely N-dealkylation sites (tertiary alicyclic amines) is 1. The molecular formula is C14H29N3O2. The number of nitrogens with one attached hydrogen (secondary N) is 1. The highest BCUT2D eigenvalue weighted by molar-refractivity contribution is 5.67. The van der Waals surface area contributed by atoms with Crippen molar-refractivity contribution in [1.82, 2.24) is 10.2 Å². The molecule has 19 heavy (non-hydrogen) atoms. The predicted octanol–water partition coefficient (Wildman–Crippen LogP) is 0.746. The average Bonchev–Trinajstić information content (AvgIpc) is 2.27. The van der Waals surface area contributed by atoms with Gasteiger partial charge in [0.05, 0.1) is 0 Å². The summed E-state index contributed by atoms with van der Waals surface area (Å²) in [6.07, 6.45) is 2.39. The average molecular weight is 271 g/mol. The minimum absolute atomic E-state index is 0.245. The molecule has 1 aliphatic heterocycles. The third kappa shape index (κ3) is 6.89. The van der Waals surface area contributed by atoms with Gasteiger partial charge in [0.25, 0.3) is 0 Å². The van der Waals surface area contributed by atoms with Gasteiger partial charge in [-0.15, -0.1) is 0 Å². The second kappa shape index (κ2) is 8.51. The first kappa shape index (κ1) is 16.4. The minimum atomic E-state index is -0.694. The maximum atomic E-state index is 10.9. The van der Waals surface area contributed by atoms with Gasteiger partial charge in [-0.05, 0) is 31.2 Å². The lowest BCUT2D eigenvalue weighted by molar-refractivity contribution is -0.138. The molecule has 0 amide bonds. The van der Waals surface area contributed by atoms with Crippen LogP contribution in [0, 0.1) is 11.8 Å². The second-order valence-electron chi connectivity index (χ2n) is 6.08. The maximum absolute atomic E-state index is 10.9. The van der Waals surface area contributed by atoms with Gasteiger partial charge >= 0.3 is 5.97 Å². The molecular weight excluding hydrogens is 242 g/mol. The van der Waals surface area contributed by atoms with Crippen molar-refractivity contribution >= 4 is 5.97 Å². The molecule has 0 saturated carbocycles. The number of piperidine rings is 1. The molecule has 4 N–H and O–H groups in total. The minimum Gasteiger partial charge on any atom is -0.481 e. The molecule has 5 nitrogen and oxygen atoms in total. The Kier molecular flexibility index (Phi) is 7.34. The normalized spacial score (nSPS) is 24.8. The Bertz CT molecular complexity index is 271. The van der Waals surface area contributed by atoms with Gasteiger partial charge in [-0.3, -0.25) is 4.79 Å². The molecule has 1 heterocycles. The summed E-state index contributed by atoms with van der Waals surface area (Å²) < 4.78 is 0. The van der Waals surface area contributed by atoms with Gasteiger partial charge in [-0.2, -0.15) is 0 Å². The topological polar surface area (TPSA) is 78.6 Å². The first-order chi connectivity index (χ1) is 9.01. The second-order valence-corrected chi connectivity index (χ2v) is 6.08. The number of carboxylic acid groups (broad SMARTS) is 1. The SMILES string of the molecule is CC(C)CCNC1CC(CC(=O)O)CN(CCN)C1. The van der Waals surface area contributed by atoms with E-state index in [2.05, 4.69) is 24.1 Å². The van der Waals surface area contributed by atoms with Crippen LogP contribution in [0.5, 0.6) is 0 Å². The fraction of sp³-hybridized carbons (Fsp3) is 0.929. The van der Waals surface area contributed by atoms with Gasteiger partial charge in [0.2, 0.25) is 0 Å². The Labute approximate surface area is 116 Å². The monoisotopic (exact) mass is 271 g/mol.